The summed E-state index contributed by atoms with van der Waals surface area (Å²) >= 11 is 0. The Morgan fingerprint density at radius 2 is 2.36 bits per heavy atom. The molecule has 0 aliphatic carbocycles. The van der Waals surface area contributed by atoms with Crippen LogP contribution in [0, 0.1) is 0 Å². The van der Waals surface area contributed by atoms with Crippen molar-refractivity contribution in [2.75, 3.05) is 5.73 Å². The highest BCUT2D eigenvalue weighted by Crippen LogP contribution is 2.11. The van der Waals surface area contributed by atoms with Crippen LogP contribution in [0.1, 0.15) is 0 Å². The zero-order chi connectivity index (χ0) is 8.43. The molecule has 60 valence electrons. The van der Waals surface area contributed by atoms with Gasteiger partial charge in [-0.25, -0.2) is 4.79 Å². The zero-order valence-corrected chi connectivity index (χ0v) is 5.56. The summed E-state index contributed by atoms with van der Waals surface area (Å²) in [7, 11) is 0. The molecule has 0 aromatic carbocycles. The van der Waals surface area contributed by atoms with Gasteiger partial charge in [-0.3, -0.25) is 4.57 Å². The number of aliphatic hydroxyl groups is 1. The van der Waals surface area contributed by atoms with Crippen molar-refractivity contribution < 1.29 is 10.2 Å². The van der Waals surface area contributed by atoms with E-state index in [0.717, 1.165) is 10.8 Å². The van der Waals surface area contributed by atoms with E-state index >= 15 is 0 Å². The Kier molecular flexibility index (Phi) is 1.77. The van der Waals surface area contributed by atoms with Crippen molar-refractivity contribution >= 4 is 5.82 Å². The molecular formula is C5H7N3O3. The first-order valence-electron chi connectivity index (χ1n) is 2.82. The van der Waals surface area contributed by atoms with Gasteiger partial charge in [0.1, 0.15) is 6.73 Å². The third kappa shape index (κ3) is 1.30. The van der Waals surface area contributed by atoms with E-state index in [1.807, 2.05) is 0 Å². The normalized spacial score (nSPS) is 9.91. The van der Waals surface area contributed by atoms with Gasteiger partial charge in [0.05, 0.1) is 6.20 Å². The lowest BCUT2D eigenvalue weighted by atomic mass is 10.5. The summed E-state index contributed by atoms with van der Waals surface area (Å²) in [5.74, 6) is -0.557. The van der Waals surface area contributed by atoms with E-state index in [9.17, 15) is 4.79 Å². The first-order valence-corrected chi connectivity index (χ1v) is 2.82. The molecule has 0 atom stereocenters. The maximum absolute atomic E-state index is 10.7. The molecular weight excluding hydrogens is 150 g/mol. The minimum absolute atomic E-state index is 0.236. The zero-order valence-electron chi connectivity index (χ0n) is 5.56. The molecule has 6 nitrogen and oxygen atoms in total. The van der Waals surface area contributed by atoms with E-state index in [0.29, 0.717) is 0 Å². The van der Waals surface area contributed by atoms with Crippen molar-refractivity contribution in [3.63, 3.8) is 0 Å². The number of nitrogens with two attached hydrogens (primary N) is 1. The van der Waals surface area contributed by atoms with Crippen LogP contribution in [0.4, 0.5) is 5.82 Å². The van der Waals surface area contributed by atoms with Crippen molar-refractivity contribution in [3.8, 4) is 5.75 Å². The van der Waals surface area contributed by atoms with Crippen molar-refractivity contribution in [1.29, 1.82) is 0 Å². The highest BCUT2D eigenvalue weighted by molar-refractivity contribution is 5.41. The van der Waals surface area contributed by atoms with Gasteiger partial charge < -0.3 is 15.9 Å². The molecule has 11 heavy (non-hydrogen) atoms. The van der Waals surface area contributed by atoms with E-state index < -0.39 is 12.4 Å². The molecule has 0 spiro atoms. The van der Waals surface area contributed by atoms with Crippen molar-refractivity contribution in [2.24, 2.45) is 0 Å². The topological polar surface area (TPSA) is 101 Å². The first-order chi connectivity index (χ1) is 5.15. The van der Waals surface area contributed by atoms with Gasteiger partial charge in [0.2, 0.25) is 0 Å². The second-order valence-electron chi connectivity index (χ2n) is 1.91. The molecule has 1 aromatic heterocycles. The molecule has 0 aliphatic heterocycles. The Balaban J connectivity index is 3.32. The van der Waals surface area contributed by atoms with Crippen LogP contribution in [0.3, 0.4) is 0 Å². The standard InChI is InChI=1S/C5H7N3O3/c6-4-3(10)1-8(2-9)5(11)7-4/h1,9-10H,2H2,(H2,6,7,11). The van der Waals surface area contributed by atoms with Crippen LogP contribution in [-0.2, 0) is 6.73 Å². The smallest absolute Gasteiger partial charge is 0.351 e. The lowest BCUT2D eigenvalue weighted by Gasteiger charge is -2.01. The highest BCUT2D eigenvalue weighted by Gasteiger charge is 2.01. The summed E-state index contributed by atoms with van der Waals surface area (Å²) in [5.41, 5.74) is 4.40. The highest BCUT2D eigenvalue weighted by atomic mass is 16.3. The Labute approximate surface area is 61.5 Å². The van der Waals surface area contributed by atoms with Gasteiger partial charge in [-0.1, -0.05) is 0 Å². The van der Waals surface area contributed by atoms with E-state index in [1.54, 1.807) is 0 Å². The SMILES string of the molecule is Nc1nc(=O)n(CO)cc1O. The molecule has 0 saturated carbocycles. The van der Waals surface area contributed by atoms with E-state index in [-0.39, 0.29) is 11.6 Å². The molecule has 1 aromatic rings. The molecule has 0 bridgehead atoms. The summed E-state index contributed by atoms with van der Waals surface area (Å²) in [6, 6.07) is 0. The summed E-state index contributed by atoms with van der Waals surface area (Å²) in [4.78, 5) is 13.9. The molecule has 0 amide bonds. The summed E-state index contributed by atoms with van der Waals surface area (Å²) in [6.07, 6.45) is 1.02. The number of hydrogen-bond donors (Lipinski definition) is 3. The van der Waals surface area contributed by atoms with Crippen molar-refractivity contribution in [1.82, 2.24) is 9.55 Å². The monoisotopic (exact) mass is 157 g/mol. The summed E-state index contributed by atoms with van der Waals surface area (Å²) in [5, 5.41) is 17.4. The Hall–Kier alpha value is -1.56. The Morgan fingerprint density at radius 1 is 1.73 bits per heavy atom. The van der Waals surface area contributed by atoms with E-state index in [4.69, 9.17) is 15.9 Å². The van der Waals surface area contributed by atoms with Crippen LogP contribution in [0.5, 0.6) is 5.75 Å². The minimum Gasteiger partial charge on any atom is -0.503 e. The largest absolute Gasteiger partial charge is 0.503 e. The molecule has 0 fully saturated rings. The number of rotatable bonds is 1. The number of aromatic nitrogens is 2. The van der Waals surface area contributed by atoms with Crippen LogP contribution in [0.15, 0.2) is 11.0 Å². The van der Waals surface area contributed by atoms with Gasteiger partial charge in [-0.15, -0.1) is 0 Å². The number of nitrogens with zero attached hydrogens (tertiary/aromatic N) is 2. The van der Waals surface area contributed by atoms with Crippen molar-refractivity contribution in [2.45, 2.75) is 6.73 Å². The van der Waals surface area contributed by atoms with Gasteiger partial charge in [0.15, 0.2) is 11.6 Å². The van der Waals surface area contributed by atoms with Gasteiger partial charge >= 0.3 is 5.69 Å². The Morgan fingerprint density at radius 3 is 2.91 bits per heavy atom. The number of anilines is 1. The maximum Gasteiger partial charge on any atom is 0.351 e. The molecule has 0 saturated heterocycles. The average Bonchev–Trinajstić information content (AvgIpc) is 1.97. The fourth-order valence-electron chi connectivity index (χ4n) is 0.595. The fraction of sp³-hybridized carbons (Fsp3) is 0.200. The van der Waals surface area contributed by atoms with E-state index in [2.05, 4.69) is 4.98 Å². The molecule has 1 heterocycles. The van der Waals surface area contributed by atoms with Crippen LogP contribution in [0.2, 0.25) is 0 Å². The number of aromatic hydroxyl groups is 1. The van der Waals surface area contributed by atoms with Crippen LogP contribution in [-0.4, -0.2) is 19.8 Å². The average molecular weight is 157 g/mol. The second-order valence-corrected chi connectivity index (χ2v) is 1.91. The summed E-state index contributed by atoms with van der Waals surface area (Å²) in [6.45, 7) is -0.528. The Bertz CT molecular complexity index is 319. The maximum atomic E-state index is 10.7. The number of hydrogen-bond acceptors (Lipinski definition) is 5. The van der Waals surface area contributed by atoms with Crippen LogP contribution >= 0.6 is 0 Å². The fourth-order valence-corrected chi connectivity index (χ4v) is 0.595. The third-order valence-electron chi connectivity index (χ3n) is 1.15. The minimum atomic E-state index is -0.692. The lowest BCUT2D eigenvalue weighted by Crippen LogP contribution is -2.23. The van der Waals surface area contributed by atoms with Gasteiger partial charge in [0.25, 0.3) is 0 Å². The molecule has 0 unspecified atom stereocenters. The predicted molar refractivity (Wildman–Crippen MR) is 36.8 cm³/mol. The second kappa shape index (κ2) is 2.59. The molecule has 6 heteroatoms. The first kappa shape index (κ1) is 7.55. The van der Waals surface area contributed by atoms with Gasteiger partial charge in [-0.05, 0) is 0 Å². The van der Waals surface area contributed by atoms with Gasteiger partial charge in [-0.2, -0.15) is 4.98 Å². The molecule has 1 rings (SSSR count). The number of aliphatic hydroxyl groups excluding tert-OH is 1. The molecule has 0 radical (unpaired) electrons. The van der Waals surface area contributed by atoms with Crippen LogP contribution in [0.25, 0.3) is 0 Å². The lowest BCUT2D eigenvalue weighted by molar-refractivity contribution is 0.202. The van der Waals surface area contributed by atoms with Crippen molar-refractivity contribution in [3.05, 3.63) is 16.7 Å². The summed E-state index contributed by atoms with van der Waals surface area (Å²) < 4.78 is 0.825. The number of nitrogen functional groups attached to an aromatic ring is 1. The van der Waals surface area contributed by atoms with Crippen LogP contribution < -0.4 is 11.4 Å². The van der Waals surface area contributed by atoms with E-state index in [1.165, 1.54) is 0 Å². The predicted octanol–water partition coefficient (Wildman–Crippen LogP) is -1.52. The molecule has 0 aliphatic rings. The quantitative estimate of drug-likeness (QED) is 0.459. The van der Waals surface area contributed by atoms with Gasteiger partial charge in [0, 0.05) is 0 Å². The third-order valence-corrected chi connectivity index (χ3v) is 1.15. The molecule has 4 N–H and O–H groups in total.